The number of nitrogens with zero attached hydrogens (tertiary/aromatic N) is 4. The number of ether oxygens (including phenoxy) is 2. The molecule has 0 aliphatic rings. The van der Waals surface area contributed by atoms with Crippen LogP contribution in [0.25, 0.3) is 0 Å². The van der Waals surface area contributed by atoms with Crippen LogP contribution in [-0.4, -0.2) is 57.1 Å². The van der Waals surface area contributed by atoms with E-state index in [1.54, 1.807) is 12.1 Å². The van der Waals surface area contributed by atoms with Crippen LogP contribution in [0.15, 0.2) is 78.9 Å². The lowest BCUT2D eigenvalue weighted by Gasteiger charge is -2.12. The standard InChI is InChI=1S/C23H26N2O3.C16H18N2O3/c1-16-21(14-23(27)28-3)17(2)25(24-16)15-19-9-11-20(12-10-19)22(26)13-18-7-5-4-6-8-18;1-11-15(8-16(20)21-3)12(2)18(17-11)9-13-4-6-14(10-19)7-5-13/h4-12,22,26H,13-15H2,1-3H3;4-7,10H,8-9H2,1-3H3. The minimum absolute atomic E-state index is 0.234. The molecule has 10 heteroatoms. The van der Waals surface area contributed by atoms with Gasteiger partial charge in [0.15, 0.2) is 0 Å². The number of aliphatic hydroxyl groups excluding tert-OH is 1. The molecule has 0 amide bonds. The quantitative estimate of drug-likeness (QED) is 0.135. The van der Waals surface area contributed by atoms with E-state index in [4.69, 9.17) is 9.47 Å². The summed E-state index contributed by atoms with van der Waals surface area (Å²) in [5.41, 5.74) is 10.2. The van der Waals surface area contributed by atoms with Crippen molar-refractivity contribution in [2.75, 3.05) is 14.2 Å². The first kappa shape index (κ1) is 36.5. The highest BCUT2D eigenvalue weighted by molar-refractivity contribution is 5.75. The third kappa shape index (κ3) is 9.84. The highest BCUT2D eigenvalue weighted by Crippen LogP contribution is 2.21. The third-order valence-corrected chi connectivity index (χ3v) is 8.58. The summed E-state index contributed by atoms with van der Waals surface area (Å²) in [6.45, 7) is 8.92. The number of aliphatic hydroxyl groups is 1. The predicted octanol–water partition coefficient (Wildman–Crippen LogP) is 5.62. The topological polar surface area (TPSA) is 126 Å². The van der Waals surface area contributed by atoms with Gasteiger partial charge >= 0.3 is 11.9 Å². The van der Waals surface area contributed by atoms with Gasteiger partial charge in [0.2, 0.25) is 0 Å². The van der Waals surface area contributed by atoms with Crippen molar-refractivity contribution in [1.29, 1.82) is 0 Å². The number of methoxy groups -OCH3 is 2. The molecule has 0 saturated heterocycles. The van der Waals surface area contributed by atoms with Crippen LogP contribution >= 0.6 is 0 Å². The van der Waals surface area contributed by atoms with Crippen molar-refractivity contribution in [3.05, 3.63) is 141 Å². The van der Waals surface area contributed by atoms with Crippen molar-refractivity contribution < 1.29 is 29.0 Å². The maximum absolute atomic E-state index is 11.6. The average Bonchev–Trinajstić information content (AvgIpc) is 3.52. The van der Waals surface area contributed by atoms with Crippen LogP contribution < -0.4 is 0 Å². The second-order valence-electron chi connectivity index (χ2n) is 11.9. The first-order chi connectivity index (χ1) is 23.5. The largest absolute Gasteiger partial charge is 0.469 e. The zero-order chi connectivity index (χ0) is 35.5. The van der Waals surface area contributed by atoms with Gasteiger partial charge in [0.05, 0.1) is 57.6 Å². The Morgan fingerprint density at radius 3 is 1.57 bits per heavy atom. The zero-order valence-corrected chi connectivity index (χ0v) is 29.0. The van der Waals surface area contributed by atoms with E-state index in [9.17, 15) is 19.5 Å². The van der Waals surface area contributed by atoms with Crippen LogP contribution in [0.4, 0.5) is 0 Å². The van der Waals surface area contributed by atoms with Gasteiger partial charge in [-0.25, -0.2) is 0 Å². The summed E-state index contributed by atoms with van der Waals surface area (Å²) >= 11 is 0. The van der Waals surface area contributed by atoms with Crippen LogP contribution in [0.3, 0.4) is 0 Å². The number of hydrogen-bond acceptors (Lipinski definition) is 8. The van der Waals surface area contributed by atoms with E-state index < -0.39 is 6.10 Å². The molecule has 0 radical (unpaired) electrons. The van der Waals surface area contributed by atoms with Gasteiger partial charge in [-0.05, 0) is 49.9 Å². The molecule has 2 aromatic heterocycles. The Hall–Kier alpha value is -5.35. The molecular formula is C39H44N4O6. The van der Waals surface area contributed by atoms with Gasteiger partial charge in [-0.1, -0.05) is 78.9 Å². The molecule has 0 saturated carbocycles. The van der Waals surface area contributed by atoms with E-state index in [1.807, 2.05) is 104 Å². The molecule has 0 bridgehead atoms. The number of rotatable bonds is 12. The summed E-state index contributed by atoms with van der Waals surface area (Å²) in [6.07, 6.45) is 1.35. The Bertz CT molecular complexity index is 1860. The minimum atomic E-state index is -0.531. The average molecular weight is 665 g/mol. The minimum Gasteiger partial charge on any atom is -0.469 e. The monoisotopic (exact) mass is 664 g/mol. The van der Waals surface area contributed by atoms with E-state index in [0.29, 0.717) is 25.1 Å². The van der Waals surface area contributed by atoms with E-state index in [2.05, 4.69) is 10.2 Å². The van der Waals surface area contributed by atoms with Gasteiger partial charge in [-0.2, -0.15) is 10.2 Å². The van der Waals surface area contributed by atoms with E-state index in [0.717, 1.165) is 62.4 Å². The lowest BCUT2D eigenvalue weighted by Crippen LogP contribution is -2.08. The normalized spacial score (nSPS) is 11.3. The van der Waals surface area contributed by atoms with Crippen molar-refractivity contribution in [1.82, 2.24) is 19.6 Å². The molecule has 3 aromatic carbocycles. The summed E-state index contributed by atoms with van der Waals surface area (Å²) < 4.78 is 13.2. The first-order valence-corrected chi connectivity index (χ1v) is 16.1. The van der Waals surface area contributed by atoms with Crippen molar-refractivity contribution in [2.45, 2.75) is 66.2 Å². The summed E-state index contributed by atoms with van der Waals surface area (Å²) in [6, 6.07) is 25.3. The molecule has 0 aliphatic carbocycles. The number of carbonyl (C=O) groups is 3. The second-order valence-corrected chi connectivity index (χ2v) is 11.9. The molecule has 5 aromatic rings. The predicted molar refractivity (Wildman–Crippen MR) is 186 cm³/mol. The molecule has 10 nitrogen and oxygen atoms in total. The summed E-state index contributed by atoms with van der Waals surface area (Å²) in [5.74, 6) is -0.529. The van der Waals surface area contributed by atoms with Gasteiger partial charge in [-0.15, -0.1) is 0 Å². The molecule has 5 rings (SSSR count). The molecule has 0 spiro atoms. The zero-order valence-electron chi connectivity index (χ0n) is 29.0. The highest BCUT2D eigenvalue weighted by Gasteiger charge is 2.17. The fourth-order valence-electron chi connectivity index (χ4n) is 5.57. The maximum Gasteiger partial charge on any atom is 0.310 e. The van der Waals surface area contributed by atoms with Crippen molar-refractivity contribution in [3.8, 4) is 0 Å². The van der Waals surface area contributed by atoms with Crippen molar-refractivity contribution >= 4 is 18.2 Å². The first-order valence-electron chi connectivity index (χ1n) is 16.1. The van der Waals surface area contributed by atoms with Gasteiger partial charge < -0.3 is 14.6 Å². The van der Waals surface area contributed by atoms with Gasteiger partial charge in [0, 0.05) is 34.5 Å². The van der Waals surface area contributed by atoms with Crippen LogP contribution in [0.2, 0.25) is 0 Å². The Morgan fingerprint density at radius 1 is 0.694 bits per heavy atom. The molecule has 0 fully saturated rings. The van der Waals surface area contributed by atoms with Gasteiger partial charge in [0.1, 0.15) is 6.29 Å². The molecule has 2 heterocycles. The number of aryl methyl sites for hydroxylation is 2. The van der Waals surface area contributed by atoms with Crippen LogP contribution in [0.5, 0.6) is 0 Å². The number of esters is 2. The summed E-state index contributed by atoms with van der Waals surface area (Å²) in [4.78, 5) is 33.7. The Morgan fingerprint density at radius 2 is 1.14 bits per heavy atom. The number of aldehydes is 1. The van der Waals surface area contributed by atoms with E-state index >= 15 is 0 Å². The van der Waals surface area contributed by atoms with Gasteiger partial charge in [-0.3, -0.25) is 23.7 Å². The lowest BCUT2D eigenvalue weighted by atomic mass is 10.0. The lowest BCUT2D eigenvalue weighted by molar-refractivity contribution is -0.140. The fraction of sp³-hybridized carbons (Fsp3) is 0.308. The molecule has 1 unspecified atom stereocenters. The van der Waals surface area contributed by atoms with Crippen molar-refractivity contribution in [3.63, 3.8) is 0 Å². The van der Waals surface area contributed by atoms with Crippen LogP contribution in [0, 0.1) is 27.7 Å². The van der Waals surface area contributed by atoms with Gasteiger partial charge in [0.25, 0.3) is 0 Å². The molecule has 0 aliphatic heterocycles. The fourth-order valence-corrected chi connectivity index (χ4v) is 5.57. The second kappa shape index (κ2) is 17.2. The Balaban J connectivity index is 0.000000230. The summed E-state index contributed by atoms with van der Waals surface area (Å²) in [5, 5.41) is 19.5. The van der Waals surface area contributed by atoms with E-state index in [1.165, 1.54) is 14.2 Å². The molecule has 49 heavy (non-hydrogen) atoms. The number of aromatic nitrogens is 4. The SMILES string of the molecule is COC(=O)Cc1c(C)nn(Cc2ccc(C(O)Cc3ccccc3)cc2)c1C.COC(=O)Cc1c(C)nn(Cc2ccc(C=O)cc2)c1C. The molecule has 256 valence electrons. The Labute approximate surface area is 287 Å². The highest BCUT2D eigenvalue weighted by atomic mass is 16.5. The summed E-state index contributed by atoms with van der Waals surface area (Å²) in [7, 11) is 2.78. The van der Waals surface area contributed by atoms with Crippen LogP contribution in [0.1, 0.15) is 72.6 Å². The van der Waals surface area contributed by atoms with Crippen LogP contribution in [-0.2, 0) is 51.4 Å². The molecule has 1 N–H and O–H groups in total. The molecular weight excluding hydrogens is 620 g/mol. The molecule has 1 atom stereocenters. The third-order valence-electron chi connectivity index (χ3n) is 8.58. The Kier molecular flexibility index (Phi) is 12.8. The number of benzene rings is 3. The van der Waals surface area contributed by atoms with E-state index in [-0.39, 0.29) is 24.8 Å². The number of hydrogen-bond donors (Lipinski definition) is 1. The maximum atomic E-state index is 11.6. The smallest absolute Gasteiger partial charge is 0.310 e. The number of carbonyl (C=O) groups excluding carboxylic acids is 3. The van der Waals surface area contributed by atoms with Crippen molar-refractivity contribution in [2.24, 2.45) is 0 Å².